The first-order valence-electron chi connectivity index (χ1n) is 5.65. The minimum absolute atomic E-state index is 0.0554. The van der Waals surface area contributed by atoms with Gasteiger partial charge in [0.25, 0.3) is 0 Å². The number of hydrogen-bond acceptors (Lipinski definition) is 6. The van der Waals surface area contributed by atoms with E-state index >= 15 is 0 Å². The lowest BCUT2D eigenvalue weighted by Gasteiger charge is -2.07. The number of aliphatic imine (C=N–C) groups is 1. The third kappa shape index (κ3) is 2.99. The second kappa shape index (κ2) is 5.10. The molecule has 0 saturated heterocycles. The summed E-state index contributed by atoms with van der Waals surface area (Å²) in [6, 6.07) is -0.454. The standard InChI is InChI=1S/C12H14N2O4S/c1-8-12(16)11(9(6-15)4-13-8)5-14-10-2-3-19(17,18)7-10/h2-5,10,15-16H,6-7H2,1H3/t10-/m0/s1. The van der Waals surface area contributed by atoms with Crippen molar-refractivity contribution in [3.63, 3.8) is 0 Å². The van der Waals surface area contributed by atoms with Crippen LogP contribution < -0.4 is 0 Å². The van der Waals surface area contributed by atoms with Crippen LogP contribution in [0.2, 0.25) is 0 Å². The van der Waals surface area contributed by atoms with Crippen LogP contribution in [-0.4, -0.2) is 41.6 Å². The molecule has 6 nitrogen and oxygen atoms in total. The zero-order valence-electron chi connectivity index (χ0n) is 10.3. The maximum Gasteiger partial charge on any atom is 0.173 e. The Bertz CT molecular complexity index is 650. The average Bonchev–Trinajstić information content (AvgIpc) is 2.71. The van der Waals surface area contributed by atoms with Crippen LogP contribution in [0, 0.1) is 6.92 Å². The minimum atomic E-state index is -3.15. The summed E-state index contributed by atoms with van der Waals surface area (Å²) in [5.74, 6) is -0.122. The van der Waals surface area contributed by atoms with Gasteiger partial charge in [0.1, 0.15) is 5.75 Å². The first-order valence-corrected chi connectivity index (χ1v) is 7.37. The molecule has 1 aromatic rings. The molecule has 0 radical (unpaired) electrons. The summed E-state index contributed by atoms with van der Waals surface area (Å²) >= 11 is 0. The number of aromatic nitrogens is 1. The molecule has 19 heavy (non-hydrogen) atoms. The zero-order chi connectivity index (χ0) is 14.0. The second-order valence-corrected chi connectivity index (χ2v) is 6.22. The van der Waals surface area contributed by atoms with Gasteiger partial charge in [0.15, 0.2) is 9.84 Å². The van der Waals surface area contributed by atoms with Crippen LogP contribution in [0.4, 0.5) is 0 Å². The van der Waals surface area contributed by atoms with E-state index in [0.717, 1.165) is 5.41 Å². The van der Waals surface area contributed by atoms with E-state index < -0.39 is 15.9 Å². The number of sulfone groups is 1. The minimum Gasteiger partial charge on any atom is -0.505 e. The first-order chi connectivity index (χ1) is 8.93. The molecule has 7 heteroatoms. The van der Waals surface area contributed by atoms with Crippen molar-refractivity contribution >= 4 is 16.1 Å². The molecule has 1 atom stereocenters. The number of hydrogen-bond donors (Lipinski definition) is 2. The van der Waals surface area contributed by atoms with Crippen molar-refractivity contribution in [2.24, 2.45) is 4.99 Å². The van der Waals surface area contributed by atoms with Crippen molar-refractivity contribution in [2.45, 2.75) is 19.6 Å². The number of aliphatic hydroxyl groups is 1. The van der Waals surface area contributed by atoms with Crippen molar-refractivity contribution in [1.82, 2.24) is 4.98 Å². The van der Waals surface area contributed by atoms with E-state index in [0.29, 0.717) is 16.8 Å². The molecular weight excluding hydrogens is 268 g/mol. The van der Waals surface area contributed by atoms with Crippen LogP contribution in [0.25, 0.3) is 0 Å². The van der Waals surface area contributed by atoms with Gasteiger partial charge < -0.3 is 10.2 Å². The van der Waals surface area contributed by atoms with Crippen LogP contribution in [0.1, 0.15) is 16.8 Å². The highest BCUT2D eigenvalue weighted by molar-refractivity contribution is 7.94. The van der Waals surface area contributed by atoms with E-state index in [9.17, 15) is 18.6 Å². The SMILES string of the molecule is Cc1ncc(CO)c(C=N[C@H]2C=CS(=O)(=O)C2)c1O. The van der Waals surface area contributed by atoms with Gasteiger partial charge in [0, 0.05) is 28.9 Å². The molecule has 102 valence electrons. The van der Waals surface area contributed by atoms with Crippen molar-refractivity contribution in [3.8, 4) is 5.75 Å². The predicted octanol–water partition coefficient (Wildman–Crippen LogP) is 0.318. The van der Waals surface area contributed by atoms with Crippen molar-refractivity contribution in [1.29, 1.82) is 0 Å². The molecule has 2 heterocycles. The topological polar surface area (TPSA) is 99.9 Å². The van der Waals surface area contributed by atoms with Gasteiger partial charge in [-0.05, 0) is 13.0 Å². The summed E-state index contributed by atoms with van der Waals surface area (Å²) in [6.45, 7) is 1.36. The molecule has 0 unspecified atom stereocenters. The van der Waals surface area contributed by atoms with Gasteiger partial charge in [-0.2, -0.15) is 0 Å². The molecule has 2 rings (SSSR count). The number of nitrogens with zero attached hydrogens (tertiary/aromatic N) is 2. The average molecular weight is 282 g/mol. The lowest BCUT2D eigenvalue weighted by Crippen LogP contribution is -2.09. The van der Waals surface area contributed by atoms with Gasteiger partial charge in [-0.15, -0.1) is 0 Å². The fourth-order valence-electron chi connectivity index (χ4n) is 1.74. The maximum atomic E-state index is 11.2. The Morgan fingerprint density at radius 2 is 2.32 bits per heavy atom. The Morgan fingerprint density at radius 1 is 1.58 bits per heavy atom. The van der Waals surface area contributed by atoms with Gasteiger partial charge in [-0.25, -0.2) is 8.42 Å². The third-order valence-electron chi connectivity index (χ3n) is 2.83. The van der Waals surface area contributed by atoms with Crippen LogP contribution in [-0.2, 0) is 16.4 Å². The number of rotatable bonds is 3. The molecule has 0 spiro atoms. The van der Waals surface area contributed by atoms with Crippen LogP contribution in [0.3, 0.4) is 0 Å². The Hall–Kier alpha value is -1.73. The number of aromatic hydroxyl groups is 1. The van der Waals surface area contributed by atoms with E-state index in [-0.39, 0.29) is 18.1 Å². The number of pyridine rings is 1. The van der Waals surface area contributed by atoms with Gasteiger partial charge >= 0.3 is 0 Å². The van der Waals surface area contributed by atoms with Crippen molar-refractivity contribution in [3.05, 3.63) is 34.5 Å². The van der Waals surface area contributed by atoms with Crippen LogP contribution >= 0.6 is 0 Å². The Balaban J connectivity index is 2.29. The monoisotopic (exact) mass is 282 g/mol. The van der Waals surface area contributed by atoms with E-state index in [1.165, 1.54) is 18.5 Å². The first kappa shape index (κ1) is 13.7. The smallest absolute Gasteiger partial charge is 0.173 e. The fourth-order valence-corrected chi connectivity index (χ4v) is 2.95. The largest absolute Gasteiger partial charge is 0.505 e. The Labute approximate surface area is 111 Å². The van der Waals surface area contributed by atoms with Gasteiger partial charge in [0.2, 0.25) is 0 Å². The van der Waals surface area contributed by atoms with Crippen molar-refractivity contribution in [2.75, 3.05) is 5.75 Å². The molecule has 2 N–H and O–H groups in total. The highest BCUT2D eigenvalue weighted by Gasteiger charge is 2.20. The normalized spacial score (nSPS) is 21.3. The summed E-state index contributed by atoms with van der Waals surface area (Å²) in [4.78, 5) is 8.04. The Kier molecular flexibility index (Phi) is 3.68. The van der Waals surface area contributed by atoms with E-state index in [1.54, 1.807) is 6.92 Å². The highest BCUT2D eigenvalue weighted by Crippen LogP contribution is 2.22. The summed E-state index contributed by atoms with van der Waals surface area (Å²) in [6.07, 6.45) is 4.33. The molecule has 0 fully saturated rings. The Morgan fingerprint density at radius 3 is 2.89 bits per heavy atom. The lowest BCUT2D eigenvalue weighted by molar-refractivity contribution is 0.280. The summed E-state index contributed by atoms with van der Waals surface area (Å²) in [5.41, 5.74) is 1.23. The molecule has 1 aliphatic heterocycles. The van der Waals surface area contributed by atoms with E-state index in [2.05, 4.69) is 9.98 Å². The number of aliphatic hydroxyl groups excluding tert-OH is 1. The van der Waals surface area contributed by atoms with E-state index in [4.69, 9.17) is 0 Å². The molecule has 0 bridgehead atoms. The third-order valence-corrected chi connectivity index (χ3v) is 4.21. The molecule has 0 saturated carbocycles. The number of aryl methyl sites for hydroxylation is 1. The van der Waals surface area contributed by atoms with Crippen LogP contribution in [0.5, 0.6) is 5.75 Å². The van der Waals surface area contributed by atoms with Gasteiger partial charge in [-0.3, -0.25) is 9.98 Å². The molecular formula is C12H14N2O4S. The highest BCUT2D eigenvalue weighted by atomic mass is 32.2. The molecule has 0 aliphatic carbocycles. The molecule has 0 amide bonds. The predicted molar refractivity (Wildman–Crippen MR) is 70.9 cm³/mol. The molecule has 1 aromatic heterocycles. The lowest BCUT2D eigenvalue weighted by atomic mass is 10.1. The maximum absolute atomic E-state index is 11.2. The van der Waals surface area contributed by atoms with Gasteiger partial charge in [-0.1, -0.05) is 0 Å². The zero-order valence-corrected chi connectivity index (χ0v) is 11.1. The molecule has 1 aliphatic rings. The van der Waals surface area contributed by atoms with Crippen LogP contribution in [0.15, 0.2) is 22.7 Å². The molecule has 0 aromatic carbocycles. The summed E-state index contributed by atoms with van der Waals surface area (Å²) < 4.78 is 22.5. The summed E-state index contributed by atoms with van der Waals surface area (Å²) in [7, 11) is -3.15. The quantitative estimate of drug-likeness (QED) is 0.778. The van der Waals surface area contributed by atoms with Crippen molar-refractivity contribution < 1.29 is 18.6 Å². The fraction of sp³-hybridized carbons (Fsp3) is 0.333. The second-order valence-electron chi connectivity index (χ2n) is 4.29. The van der Waals surface area contributed by atoms with Gasteiger partial charge in [0.05, 0.1) is 24.1 Å². The summed E-state index contributed by atoms with van der Waals surface area (Å²) in [5, 5.41) is 20.2. The van der Waals surface area contributed by atoms with E-state index in [1.807, 2.05) is 0 Å².